The standard InChI is InChI=1S/C43H46ClN7O5/c1-48(35-9-6-29(21-45)37(44)20-35)34-10-7-33(8-11-34)46-40(53)27-4-2-26(3-5-27)22-49-16-14-28(15-17-49)42(55)50-23-30-18-32-25-51(38-12-13-39(52)47-41(38)54)43(56)36(32)19-31(30)24-50/h2-6,9,18-20,28,33-34,38H,7-8,10-17,22-25H2,1H3,(H,46,53)(H,47,52,54). The summed E-state index contributed by atoms with van der Waals surface area (Å²) in [5.41, 5.74) is 6.72. The van der Waals surface area contributed by atoms with E-state index in [2.05, 4.69) is 33.6 Å². The molecule has 2 saturated heterocycles. The minimum atomic E-state index is -0.642. The van der Waals surface area contributed by atoms with Crippen molar-refractivity contribution in [1.82, 2.24) is 25.3 Å². The van der Waals surface area contributed by atoms with E-state index in [0.29, 0.717) is 53.8 Å². The second kappa shape index (κ2) is 15.7. The molecular weight excluding hydrogens is 730 g/mol. The number of imide groups is 1. The summed E-state index contributed by atoms with van der Waals surface area (Å²) in [5.74, 6) is -0.862. The predicted octanol–water partition coefficient (Wildman–Crippen LogP) is 4.90. The zero-order valence-electron chi connectivity index (χ0n) is 31.6. The normalized spacial score (nSPS) is 22.7. The van der Waals surface area contributed by atoms with Crippen LogP contribution in [0.3, 0.4) is 0 Å². The van der Waals surface area contributed by atoms with Crippen molar-refractivity contribution in [3.8, 4) is 6.07 Å². The van der Waals surface area contributed by atoms with Crippen molar-refractivity contribution >= 4 is 46.8 Å². The van der Waals surface area contributed by atoms with Gasteiger partial charge in [-0.3, -0.25) is 34.2 Å². The number of halogens is 1. The molecule has 0 spiro atoms. The van der Waals surface area contributed by atoms with E-state index >= 15 is 0 Å². The fourth-order valence-corrected chi connectivity index (χ4v) is 9.36. The molecular formula is C43H46ClN7O5. The summed E-state index contributed by atoms with van der Waals surface area (Å²) in [4.78, 5) is 72.2. The molecule has 1 aliphatic carbocycles. The van der Waals surface area contributed by atoms with Crippen LogP contribution in [0.15, 0.2) is 54.6 Å². The van der Waals surface area contributed by atoms with Crippen molar-refractivity contribution in [2.45, 2.75) is 95.7 Å². The Morgan fingerprint density at radius 1 is 0.893 bits per heavy atom. The molecule has 56 heavy (non-hydrogen) atoms. The molecule has 0 radical (unpaired) electrons. The Bertz CT molecular complexity index is 2120. The Balaban J connectivity index is 0.770. The number of carbonyl (C=O) groups excluding carboxylic acids is 5. The fraction of sp³-hybridized carbons (Fsp3) is 0.442. The Labute approximate surface area is 331 Å². The quantitative estimate of drug-likeness (QED) is 0.308. The highest BCUT2D eigenvalue weighted by Crippen LogP contribution is 2.35. The largest absolute Gasteiger partial charge is 0.372 e. The SMILES string of the molecule is CN(c1ccc(C#N)c(Cl)c1)C1CCC(NC(=O)c2ccc(CN3CCC(C(=O)N4Cc5cc6c(cc5C4)C(=O)N(C4CCC(=O)NC4=O)C6)CC3)cc2)CC1. The lowest BCUT2D eigenvalue weighted by atomic mass is 9.90. The summed E-state index contributed by atoms with van der Waals surface area (Å²) in [6.45, 7) is 3.71. The van der Waals surface area contributed by atoms with Gasteiger partial charge in [0.25, 0.3) is 11.8 Å². The number of carbonyl (C=O) groups is 5. The zero-order chi connectivity index (χ0) is 39.1. The molecule has 1 atom stereocenters. The average molecular weight is 776 g/mol. The summed E-state index contributed by atoms with van der Waals surface area (Å²) in [7, 11) is 2.05. The number of nitrogens with one attached hydrogen (secondary N) is 2. The zero-order valence-corrected chi connectivity index (χ0v) is 32.3. The van der Waals surface area contributed by atoms with Crippen molar-refractivity contribution in [2.24, 2.45) is 5.92 Å². The molecule has 0 aromatic heterocycles. The highest BCUT2D eigenvalue weighted by Gasteiger charge is 2.41. The summed E-state index contributed by atoms with van der Waals surface area (Å²) >= 11 is 6.26. The maximum absolute atomic E-state index is 13.7. The van der Waals surface area contributed by atoms with Crippen LogP contribution in [0.1, 0.15) is 99.9 Å². The van der Waals surface area contributed by atoms with Gasteiger partial charge in [0.1, 0.15) is 12.1 Å². The van der Waals surface area contributed by atoms with Crippen molar-refractivity contribution < 1.29 is 24.0 Å². The first-order valence-electron chi connectivity index (χ1n) is 19.7. The third kappa shape index (κ3) is 7.62. The molecule has 0 bridgehead atoms. The van der Waals surface area contributed by atoms with Gasteiger partial charge in [-0.05, 0) is 117 Å². The van der Waals surface area contributed by atoms with Gasteiger partial charge in [0.2, 0.25) is 17.7 Å². The average Bonchev–Trinajstić information content (AvgIpc) is 3.77. The lowest BCUT2D eigenvalue weighted by Gasteiger charge is -2.36. The summed E-state index contributed by atoms with van der Waals surface area (Å²) < 4.78 is 0. The fourth-order valence-electron chi connectivity index (χ4n) is 9.15. The van der Waals surface area contributed by atoms with Crippen molar-refractivity contribution in [3.05, 3.63) is 98.6 Å². The molecule has 1 unspecified atom stereocenters. The third-order valence-electron chi connectivity index (χ3n) is 12.5. The lowest BCUT2D eigenvalue weighted by Crippen LogP contribution is -2.52. The molecule has 12 nitrogen and oxygen atoms in total. The van der Waals surface area contributed by atoms with Crippen LogP contribution in [0, 0.1) is 17.2 Å². The lowest BCUT2D eigenvalue weighted by molar-refractivity contribution is -0.138. The van der Waals surface area contributed by atoms with Crippen LogP contribution >= 0.6 is 11.6 Å². The number of benzene rings is 3. The van der Waals surface area contributed by atoms with E-state index in [0.717, 1.165) is 86.1 Å². The third-order valence-corrected chi connectivity index (χ3v) is 12.8. The van der Waals surface area contributed by atoms with Gasteiger partial charge in [0.05, 0.1) is 10.6 Å². The smallest absolute Gasteiger partial charge is 0.255 e. The van der Waals surface area contributed by atoms with Gasteiger partial charge < -0.3 is 20.0 Å². The predicted molar refractivity (Wildman–Crippen MR) is 209 cm³/mol. The highest BCUT2D eigenvalue weighted by atomic mass is 35.5. The first-order chi connectivity index (χ1) is 27.0. The second-order valence-electron chi connectivity index (χ2n) is 16.0. The molecule has 5 aliphatic rings. The van der Waals surface area contributed by atoms with Crippen LogP contribution in [0.4, 0.5) is 5.69 Å². The van der Waals surface area contributed by atoms with Crippen LogP contribution in [0.5, 0.6) is 0 Å². The Morgan fingerprint density at radius 3 is 2.29 bits per heavy atom. The number of anilines is 1. The number of rotatable bonds is 8. The minimum Gasteiger partial charge on any atom is -0.372 e. The monoisotopic (exact) mass is 775 g/mol. The Morgan fingerprint density at radius 2 is 1.61 bits per heavy atom. The molecule has 1 saturated carbocycles. The number of nitrogens with zero attached hydrogens (tertiary/aromatic N) is 5. The van der Waals surface area contributed by atoms with Gasteiger partial charge in [-0.2, -0.15) is 5.26 Å². The van der Waals surface area contributed by atoms with Crippen LogP contribution < -0.4 is 15.5 Å². The number of fused-ring (bicyclic) bond motifs is 2. The van der Waals surface area contributed by atoms with Gasteiger partial charge in [0.15, 0.2) is 0 Å². The highest BCUT2D eigenvalue weighted by molar-refractivity contribution is 6.32. The van der Waals surface area contributed by atoms with Crippen LogP contribution in [0.25, 0.3) is 0 Å². The second-order valence-corrected chi connectivity index (χ2v) is 16.4. The maximum Gasteiger partial charge on any atom is 0.255 e. The molecule has 8 rings (SSSR count). The van der Waals surface area contributed by atoms with Crippen LogP contribution in [-0.2, 0) is 40.6 Å². The van der Waals surface area contributed by atoms with E-state index in [9.17, 15) is 29.2 Å². The number of piperidine rings is 2. The summed E-state index contributed by atoms with van der Waals surface area (Å²) in [6, 6.07) is 19.2. The van der Waals surface area contributed by atoms with E-state index in [1.807, 2.05) is 53.4 Å². The van der Waals surface area contributed by atoms with E-state index < -0.39 is 11.9 Å². The molecule has 3 aromatic carbocycles. The number of hydrogen-bond donors (Lipinski definition) is 2. The number of amides is 5. The molecule has 3 fully saturated rings. The Hall–Kier alpha value is -5.25. The van der Waals surface area contributed by atoms with Gasteiger partial charge in [-0.25, -0.2) is 0 Å². The molecule has 290 valence electrons. The molecule has 13 heteroatoms. The van der Waals surface area contributed by atoms with E-state index in [-0.39, 0.29) is 42.0 Å². The Kier molecular flexibility index (Phi) is 10.6. The molecule has 3 aromatic rings. The van der Waals surface area contributed by atoms with Crippen LogP contribution in [0.2, 0.25) is 5.02 Å². The number of likely N-dealkylation sites (tertiary alicyclic amines) is 1. The van der Waals surface area contributed by atoms with Crippen LogP contribution in [-0.4, -0.2) is 82.5 Å². The first-order valence-corrected chi connectivity index (χ1v) is 20.0. The van der Waals surface area contributed by atoms with Gasteiger partial charge in [-0.15, -0.1) is 0 Å². The van der Waals surface area contributed by atoms with Gasteiger partial charge >= 0.3 is 0 Å². The number of hydrogen-bond acceptors (Lipinski definition) is 8. The van der Waals surface area contributed by atoms with Crippen molar-refractivity contribution in [2.75, 3.05) is 25.0 Å². The summed E-state index contributed by atoms with van der Waals surface area (Å²) in [6.07, 6.45) is 5.79. The maximum atomic E-state index is 13.7. The molecule has 4 aliphatic heterocycles. The van der Waals surface area contributed by atoms with E-state index in [1.165, 1.54) is 0 Å². The number of nitriles is 1. The molecule has 4 heterocycles. The van der Waals surface area contributed by atoms with E-state index in [1.54, 1.807) is 11.0 Å². The van der Waals surface area contributed by atoms with Crippen molar-refractivity contribution in [3.63, 3.8) is 0 Å². The minimum absolute atomic E-state index is 0.0481. The molecule has 5 amide bonds. The van der Waals surface area contributed by atoms with E-state index in [4.69, 9.17) is 11.6 Å². The van der Waals surface area contributed by atoms with Crippen molar-refractivity contribution in [1.29, 1.82) is 5.26 Å². The molecule has 2 N–H and O–H groups in total. The van der Waals surface area contributed by atoms with Gasteiger partial charge in [0, 0.05) is 74.5 Å². The topological polar surface area (TPSA) is 146 Å². The first kappa shape index (κ1) is 37.7. The van der Waals surface area contributed by atoms with Gasteiger partial charge in [-0.1, -0.05) is 29.8 Å². The summed E-state index contributed by atoms with van der Waals surface area (Å²) in [5, 5.41) is 15.2.